The van der Waals surface area contributed by atoms with Crippen LogP contribution in [0.3, 0.4) is 0 Å². The molecule has 0 aliphatic carbocycles. The number of rotatable bonds is 9. The largest absolute Gasteiger partial charge is 0.369 e. The van der Waals surface area contributed by atoms with E-state index < -0.39 is 4.92 Å². The fraction of sp³-hybridized carbons (Fsp3) is 0.364. The normalized spacial score (nSPS) is 14.1. The number of nitrogens with zero attached hydrogens (tertiary/aromatic N) is 4. The third-order valence-corrected chi connectivity index (χ3v) is 6.14. The van der Waals surface area contributed by atoms with E-state index in [0.717, 1.165) is 48.9 Å². The van der Waals surface area contributed by atoms with Crippen LogP contribution in [0, 0.1) is 21.4 Å². The van der Waals surface area contributed by atoms with Crippen LogP contribution < -0.4 is 10.2 Å². The van der Waals surface area contributed by atoms with Crippen LogP contribution in [0.5, 0.6) is 0 Å². The summed E-state index contributed by atoms with van der Waals surface area (Å²) >= 11 is 1.70. The lowest BCUT2D eigenvalue weighted by Gasteiger charge is -2.35. The van der Waals surface area contributed by atoms with Gasteiger partial charge in [-0.1, -0.05) is 18.2 Å². The molecule has 2 aromatic carbocycles. The lowest BCUT2D eigenvalue weighted by atomic mass is 10.1. The van der Waals surface area contributed by atoms with Crippen molar-refractivity contribution in [2.24, 2.45) is 0 Å². The maximum absolute atomic E-state index is 12.2. The van der Waals surface area contributed by atoms with E-state index in [4.69, 9.17) is 5.26 Å². The number of nitro groups is 1. The number of nitriles is 1. The first-order valence-corrected chi connectivity index (χ1v) is 11.3. The molecule has 0 unspecified atom stereocenters. The number of benzene rings is 2. The van der Waals surface area contributed by atoms with Gasteiger partial charge in [0.2, 0.25) is 5.91 Å². The molecule has 1 N–H and O–H groups in total. The Morgan fingerprint density at radius 3 is 2.52 bits per heavy atom. The molecule has 0 atom stereocenters. The summed E-state index contributed by atoms with van der Waals surface area (Å²) in [6.07, 6.45) is 0. The Labute approximate surface area is 186 Å². The third kappa shape index (κ3) is 6.70. The number of hydrogen-bond donors (Lipinski definition) is 1. The van der Waals surface area contributed by atoms with Crippen molar-refractivity contribution in [2.45, 2.75) is 5.75 Å². The van der Waals surface area contributed by atoms with Crippen molar-refractivity contribution in [3.05, 3.63) is 69.8 Å². The molecule has 162 valence electrons. The van der Waals surface area contributed by atoms with Gasteiger partial charge in [-0.15, -0.1) is 0 Å². The van der Waals surface area contributed by atoms with Gasteiger partial charge in [0.1, 0.15) is 0 Å². The summed E-state index contributed by atoms with van der Waals surface area (Å²) in [5.74, 6) is 1.56. The second kappa shape index (κ2) is 11.3. The van der Waals surface area contributed by atoms with E-state index in [2.05, 4.69) is 21.2 Å². The molecule has 1 heterocycles. The van der Waals surface area contributed by atoms with Crippen molar-refractivity contribution < 1.29 is 9.72 Å². The molecular weight excluding hydrogens is 414 g/mol. The van der Waals surface area contributed by atoms with Crippen molar-refractivity contribution in [3.63, 3.8) is 0 Å². The van der Waals surface area contributed by atoms with Gasteiger partial charge in [-0.05, 0) is 23.8 Å². The SMILES string of the molecule is N#Cc1ccccc1CSCCNC(=O)CN1CCN(c2ccc([N+](=O)[O-])cc2)CC1. The van der Waals surface area contributed by atoms with Gasteiger partial charge in [0.25, 0.3) is 5.69 Å². The maximum atomic E-state index is 12.2. The Hall–Kier alpha value is -3.09. The Balaban J connectivity index is 1.32. The molecule has 1 fully saturated rings. The number of carbonyl (C=O) groups is 1. The van der Waals surface area contributed by atoms with Crippen LogP contribution in [-0.4, -0.2) is 60.8 Å². The highest BCUT2D eigenvalue weighted by molar-refractivity contribution is 7.98. The Kier molecular flexibility index (Phi) is 8.27. The van der Waals surface area contributed by atoms with Crippen LogP contribution in [0.1, 0.15) is 11.1 Å². The molecule has 1 aliphatic heterocycles. The number of thioether (sulfide) groups is 1. The lowest BCUT2D eigenvalue weighted by Crippen LogP contribution is -2.49. The highest BCUT2D eigenvalue weighted by Gasteiger charge is 2.19. The van der Waals surface area contributed by atoms with E-state index in [-0.39, 0.29) is 11.6 Å². The Morgan fingerprint density at radius 1 is 1.13 bits per heavy atom. The molecule has 2 aromatic rings. The average molecular weight is 440 g/mol. The predicted octanol–water partition coefficient (Wildman–Crippen LogP) is 2.64. The highest BCUT2D eigenvalue weighted by atomic mass is 32.2. The summed E-state index contributed by atoms with van der Waals surface area (Å²) in [6.45, 7) is 4.06. The highest BCUT2D eigenvalue weighted by Crippen LogP contribution is 2.20. The molecule has 0 spiro atoms. The first kappa shape index (κ1) is 22.6. The number of amides is 1. The van der Waals surface area contributed by atoms with Crippen LogP contribution in [0.25, 0.3) is 0 Å². The smallest absolute Gasteiger partial charge is 0.269 e. The zero-order chi connectivity index (χ0) is 22.1. The van der Waals surface area contributed by atoms with Gasteiger partial charge < -0.3 is 10.2 Å². The van der Waals surface area contributed by atoms with Gasteiger partial charge in [0.15, 0.2) is 0 Å². The summed E-state index contributed by atoms with van der Waals surface area (Å²) in [5, 5.41) is 22.8. The zero-order valence-corrected chi connectivity index (χ0v) is 18.0. The van der Waals surface area contributed by atoms with Gasteiger partial charge in [-0.2, -0.15) is 17.0 Å². The van der Waals surface area contributed by atoms with Crippen molar-refractivity contribution >= 4 is 29.0 Å². The first-order valence-electron chi connectivity index (χ1n) is 10.1. The standard InChI is InChI=1S/C22H25N5O3S/c23-15-18-3-1-2-4-19(18)17-31-14-9-24-22(28)16-25-10-12-26(13-11-25)20-5-7-21(8-6-20)27(29)30/h1-8H,9-14,16-17H2,(H,24,28). The van der Waals surface area contributed by atoms with Crippen molar-refractivity contribution in [1.82, 2.24) is 10.2 Å². The van der Waals surface area contributed by atoms with E-state index in [1.165, 1.54) is 12.1 Å². The molecule has 8 nitrogen and oxygen atoms in total. The number of piperazine rings is 1. The Bertz CT molecular complexity index is 937. The van der Waals surface area contributed by atoms with Gasteiger partial charge >= 0.3 is 0 Å². The molecule has 0 aromatic heterocycles. The summed E-state index contributed by atoms with van der Waals surface area (Å²) in [5.41, 5.74) is 2.77. The Morgan fingerprint density at radius 2 is 1.84 bits per heavy atom. The predicted molar refractivity (Wildman–Crippen MR) is 122 cm³/mol. The summed E-state index contributed by atoms with van der Waals surface area (Å²) < 4.78 is 0. The van der Waals surface area contributed by atoms with Gasteiger partial charge in [0, 0.05) is 62.0 Å². The van der Waals surface area contributed by atoms with E-state index in [1.54, 1.807) is 23.9 Å². The zero-order valence-electron chi connectivity index (χ0n) is 17.2. The van der Waals surface area contributed by atoms with Crippen molar-refractivity contribution in [1.29, 1.82) is 5.26 Å². The number of nitro benzene ring substituents is 1. The van der Waals surface area contributed by atoms with Crippen LogP contribution in [0.15, 0.2) is 48.5 Å². The monoisotopic (exact) mass is 439 g/mol. The molecule has 1 aliphatic rings. The quantitative estimate of drug-likeness (QED) is 0.364. The third-order valence-electron chi connectivity index (χ3n) is 5.13. The van der Waals surface area contributed by atoms with Crippen LogP contribution in [0.2, 0.25) is 0 Å². The second-order valence-electron chi connectivity index (χ2n) is 7.21. The molecule has 0 saturated carbocycles. The number of nitrogens with one attached hydrogen (secondary N) is 1. The van der Waals surface area contributed by atoms with Gasteiger partial charge in [-0.25, -0.2) is 0 Å². The first-order chi connectivity index (χ1) is 15.1. The van der Waals surface area contributed by atoms with E-state index >= 15 is 0 Å². The molecule has 31 heavy (non-hydrogen) atoms. The van der Waals surface area contributed by atoms with Crippen molar-refractivity contribution in [2.75, 3.05) is 49.9 Å². The molecule has 0 radical (unpaired) electrons. The van der Waals surface area contributed by atoms with Crippen LogP contribution >= 0.6 is 11.8 Å². The molecular formula is C22H25N5O3S. The molecule has 9 heteroatoms. The minimum atomic E-state index is -0.399. The minimum Gasteiger partial charge on any atom is -0.369 e. The van der Waals surface area contributed by atoms with E-state index in [9.17, 15) is 14.9 Å². The van der Waals surface area contributed by atoms with Crippen molar-refractivity contribution in [3.8, 4) is 6.07 Å². The summed E-state index contributed by atoms with van der Waals surface area (Å²) in [4.78, 5) is 26.9. The second-order valence-corrected chi connectivity index (χ2v) is 8.31. The van der Waals surface area contributed by atoms with E-state index in [1.807, 2.05) is 24.3 Å². The summed E-state index contributed by atoms with van der Waals surface area (Å²) in [7, 11) is 0. The molecule has 1 saturated heterocycles. The van der Waals surface area contributed by atoms with E-state index in [0.29, 0.717) is 18.7 Å². The average Bonchev–Trinajstić information content (AvgIpc) is 2.79. The minimum absolute atomic E-state index is 0.0156. The summed E-state index contributed by atoms with van der Waals surface area (Å²) in [6, 6.07) is 16.4. The fourth-order valence-electron chi connectivity index (χ4n) is 3.41. The van der Waals surface area contributed by atoms with Crippen LogP contribution in [0.4, 0.5) is 11.4 Å². The number of non-ortho nitro benzene ring substituents is 1. The lowest BCUT2D eigenvalue weighted by molar-refractivity contribution is -0.384. The molecule has 3 rings (SSSR count). The fourth-order valence-corrected chi connectivity index (χ4v) is 4.27. The molecule has 0 bridgehead atoms. The topological polar surface area (TPSA) is 103 Å². The number of carbonyl (C=O) groups excluding carboxylic acids is 1. The number of anilines is 1. The van der Waals surface area contributed by atoms with Gasteiger partial charge in [0.05, 0.1) is 23.1 Å². The molecule has 1 amide bonds. The maximum Gasteiger partial charge on any atom is 0.269 e. The van der Waals surface area contributed by atoms with Gasteiger partial charge in [-0.3, -0.25) is 19.8 Å². The number of hydrogen-bond acceptors (Lipinski definition) is 7. The van der Waals surface area contributed by atoms with Crippen LogP contribution in [-0.2, 0) is 10.5 Å².